The van der Waals surface area contributed by atoms with Crippen LogP contribution in [0.15, 0.2) is 41.1 Å². The lowest BCUT2D eigenvalue weighted by molar-refractivity contribution is 0.403. The molecule has 0 unspecified atom stereocenters. The molecular formula is C15H12ClN3O3. The molecular weight excluding hydrogens is 306 g/mol. The standard InChI is InChI=1S/C15H12ClN3O3/c1-20-9-5-6-12(21-2)11(8-9)14-18-15(22-19-14)10-4-3-7-17-13(10)16/h3-8H,1-2H3. The van der Waals surface area contributed by atoms with Crippen LogP contribution in [0.3, 0.4) is 0 Å². The van der Waals surface area contributed by atoms with Crippen LogP contribution in [0.5, 0.6) is 11.5 Å². The lowest BCUT2D eigenvalue weighted by Crippen LogP contribution is -1.91. The van der Waals surface area contributed by atoms with E-state index in [1.54, 1.807) is 50.7 Å². The fourth-order valence-corrected chi connectivity index (χ4v) is 2.18. The van der Waals surface area contributed by atoms with Gasteiger partial charge in [-0.2, -0.15) is 4.98 Å². The summed E-state index contributed by atoms with van der Waals surface area (Å²) in [5, 5.41) is 4.28. The van der Waals surface area contributed by atoms with Crippen LogP contribution in [-0.4, -0.2) is 29.3 Å². The van der Waals surface area contributed by atoms with Gasteiger partial charge in [-0.15, -0.1) is 0 Å². The summed E-state index contributed by atoms with van der Waals surface area (Å²) in [6, 6.07) is 8.85. The summed E-state index contributed by atoms with van der Waals surface area (Å²) in [5.41, 5.74) is 1.24. The highest BCUT2D eigenvalue weighted by molar-refractivity contribution is 6.31. The minimum absolute atomic E-state index is 0.290. The van der Waals surface area contributed by atoms with Crippen LogP contribution < -0.4 is 9.47 Å². The third kappa shape index (κ3) is 2.60. The fourth-order valence-electron chi connectivity index (χ4n) is 1.98. The van der Waals surface area contributed by atoms with Crippen LogP contribution in [0.1, 0.15) is 0 Å². The molecule has 0 saturated heterocycles. The molecule has 0 aliphatic rings. The zero-order chi connectivity index (χ0) is 15.5. The van der Waals surface area contributed by atoms with Crippen LogP contribution in [0.2, 0.25) is 5.15 Å². The van der Waals surface area contributed by atoms with Gasteiger partial charge in [0.05, 0.1) is 25.3 Å². The number of benzene rings is 1. The van der Waals surface area contributed by atoms with Gasteiger partial charge in [0.1, 0.15) is 16.7 Å². The number of nitrogens with zero attached hydrogens (tertiary/aromatic N) is 3. The molecule has 0 aliphatic carbocycles. The SMILES string of the molecule is COc1ccc(OC)c(-c2noc(-c3cccnc3Cl)n2)c1. The van der Waals surface area contributed by atoms with E-state index >= 15 is 0 Å². The Bertz CT molecular complexity index is 804. The van der Waals surface area contributed by atoms with Crippen molar-refractivity contribution in [3.63, 3.8) is 0 Å². The molecule has 0 spiro atoms. The van der Waals surface area contributed by atoms with E-state index in [4.69, 9.17) is 25.6 Å². The molecule has 0 atom stereocenters. The molecule has 0 aliphatic heterocycles. The molecule has 0 saturated carbocycles. The quantitative estimate of drug-likeness (QED) is 0.686. The molecule has 2 aromatic heterocycles. The van der Waals surface area contributed by atoms with Crippen molar-refractivity contribution in [3.05, 3.63) is 41.7 Å². The molecule has 2 heterocycles. The summed E-state index contributed by atoms with van der Waals surface area (Å²) in [5.74, 6) is 1.95. The number of hydrogen-bond donors (Lipinski definition) is 0. The van der Waals surface area contributed by atoms with Crippen LogP contribution in [-0.2, 0) is 0 Å². The van der Waals surface area contributed by atoms with Gasteiger partial charge in [0.2, 0.25) is 5.82 Å². The molecule has 0 fully saturated rings. The van der Waals surface area contributed by atoms with E-state index in [9.17, 15) is 0 Å². The Balaban J connectivity index is 2.06. The predicted molar refractivity (Wildman–Crippen MR) is 81.1 cm³/mol. The van der Waals surface area contributed by atoms with Crippen LogP contribution >= 0.6 is 11.6 Å². The Kier molecular flexibility index (Phi) is 3.93. The van der Waals surface area contributed by atoms with Crippen molar-refractivity contribution in [3.8, 4) is 34.3 Å². The first-order valence-electron chi connectivity index (χ1n) is 6.40. The van der Waals surface area contributed by atoms with Crippen molar-refractivity contribution in [1.29, 1.82) is 0 Å². The summed E-state index contributed by atoms with van der Waals surface area (Å²) in [6.07, 6.45) is 1.59. The number of pyridine rings is 1. The Morgan fingerprint density at radius 1 is 1.09 bits per heavy atom. The molecule has 0 amide bonds. The maximum absolute atomic E-state index is 6.04. The van der Waals surface area contributed by atoms with Crippen molar-refractivity contribution >= 4 is 11.6 Å². The van der Waals surface area contributed by atoms with Gasteiger partial charge < -0.3 is 14.0 Å². The van der Waals surface area contributed by atoms with E-state index in [1.807, 2.05) is 0 Å². The van der Waals surface area contributed by atoms with Crippen molar-refractivity contribution in [2.45, 2.75) is 0 Å². The van der Waals surface area contributed by atoms with Gasteiger partial charge >= 0.3 is 0 Å². The largest absolute Gasteiger partial charge is 0.497 e. The number of aromatic nitrogens is 3. The van der Waals surface area contributed by atoms with Crippen molar-refractivity contribution < 1.29 is 14.0 Å². The molecule has 6 nitrogen and oxygen atoms in total. The Morgan fingerprint density at radius 3 is 2.68 bits per heavy atom. The monoisotopic (exact) mass is 317 g/mol. The zero-order valence-corrected chi connectivity index (χ0v) is 12.7. The van der Waals surface area contributed by atoms with Gasteiger partial charge in [-0.3, -0.25) is 0 Å². The zero-order valence-electron chi connectivity index (χ0n) is 11.9. The number of rotatable bonds is 4. The van der Waals surface area contributed by atoms with E-state index in [1.165, 1.54) is 0 Å². The average Bonchev–Trinajstić information content (AvgIpc) is 3.04. The molecule has 0 bridgehead atoms. The first-order valence-corrected chi connectivity index (χ1v) is 6.77. The summed E-state index contributed by atoms with van der Waals surface area (Å²) < 4.78 is 15.8. The molecule has 0 radical (unpaired) electrons. The van der Waals surface area contributed by atoms with Gasteiger partial charge in [0.15, 0.2) is 0 Å². The maximum atomic E-state index is 6.04. The molecule has 1 aromatic carbocycles. The molecule has 3 rings (SSSR count). The second-order valence-electron chi connectivity index (χ2n) is 4.33. The number of ether oxygens (including phenoxy) is 2. The first kappa shape index (κ1) is 14.3. The van der Waals surface area contributed by atoms with Gasteiger partial charge in [-0.25, -0.2) is 4.98 Å². The molecule has 112 valence electrons. The smallest absolute Gasteiger partial charge is 0.261 e. The molecule has 0 N–H and O–H groups in total. The van der Waals surface area contributed by atoms with Crippen molar-refractivity contribution in [2.75, 3.05) is 14.2 Å². The van der Waals surface area contributed by atoms with Gasteiger partial charge in [-0.1, -0.05) is 16.8 Å². The van der Waals surface area contributed by atoms with E-state index < -0.39 is 0 Å². The maximum Gasteiger partial charge on any atom is 0.261 e. The highest BCUT2D eigenvalue weighted by atomic mass is 35.5. The topological polar surface area (TPSA) is 70.3 Å². The first-order chi connectivity index (χ1) is 10.7. The highest BCUT2D eigenvalue weighted by Gasteiger charge is 2.17. The number of methoxy groups -OCH3 is 2. The second-order valence-corrected chi connectivity index (χ2v) is 4.69. The predicted octanol–water partition coefficient (Wildman–Crippen LogP) is 3.47. The van der Waals surface area contributed by atoms with E-state index in [-0.39, 0.29) is 5.89 Å². The van der Waals surface area contributed by atoms with Crippen LogP contribution in [0.25, 0.3) is 22.8 Å². The minimum Gasteiger partial charge on any atom is -0.497 e. The average molecular weight is 318 g/mol. The third-order valence-electron chi connectivity index (χ3n) is 3.06. The summed E-state index contributed by atoms with van der Waals surface area (Å²) in [6.45, 7) is 0. The van der Waals surface area contributed by atoms with E-state index in [0.29, 0.717) is 33.6 Å². The Hall–Kier alpha value is -2.60. The van der Waals surface area contributed by atoms with E-state index in [2.05, 4.69) is 15.1 Å². The summed E-state index contributed by atoms with van der Waals surface area (Å²) in [4.78, 5) is 8.35. The molecule has 7 heteroatoms. The highest BCUT2D eigenvalue weighted by Crippen LogP contribution is 2.33. The van der Waals surface area contributed by atoms with Crippen molar-refractivity contribution in [2.24, 2.45) is 0 Å². The van der Waals surface area contributed by atoms with Crippen LogP contribution in [0, 0.1) is 0 Å². The molecule has 3 aromatic rings. The van der Waals surface area contributed by atoms with E-state index in [0.717, 1.165) is 0 Å². The second kappa shape index (κ2) is 6.03. The lowest BCUT2D eigenvalue weighted by atomic mass is 10.2. The van der Waals surface area contributed by atoms with Gasteiger partial charge in [0, 0.05) is 6.20 Å². The van der Waals surface area contributed by atoms with Gasteiger partial charge in [-0.05, 0) is 30.3 Å². The fraction of sp³-hybridized carbons (Fsp3) is 0.133. The third-order valence-corrected chi connectivity index (χ3v) is 3.36. The summed E-state index contributed by atoms with van der Waals surface area (Å²) >= 11 is 6.04. The lowest BCUT2D eigenvalue weighted by Gasteiger charge is -2.07. The Labute approximate surface area is 131 Å². The van der Waals surface area contributed by atoms with Gasteiger partial charge in [0.25, 0.3) is 5.89 Å². The van der Waals surface area contributed by atoms with Crippen molar-refractivity contribution in [1.82, 2.24) is 15.1 Å². The number of halogens is 1. The summed E-state index contributed by atoms with van der Waals surface area (Å²) in [7, 11) is 3.16. The molecule has 22 heavy (non-hydrogen) atoms. The number of hydrogen-bond acceptors (Lipinski definition) is 6. The minimum atomic E-state index is 0.290. The normalized spacial score (nSPS) is 10.5. The van der Waals surface area contributed by atoms with Crippen LogP contribution in [0.4, 0.5) is 0 Å². The Morgan fingerprint density at radius 2 is 1.95 bits per heavy atom.